The average Bonchev–Trinajstić information content (AvgIpc) is 3.26. The van der Waals surface area contributed by atoms with Gasteiger partial charge in [0.05, 0.1) is 6.04 Å². The molecular formula is C26H26ClFN2O2. The molecule has 1 fully saturated rings. The Morgan fingerprint density at radius 2 is 1.75 bits per heavy atom. The molecule has 4 rings (SSSR count). The lowest BCUT2D eigenvalue weighted by atomic mass is 9.92. The van der Waals surface area contributed by atoms with Crippen LogP contribution in [0.3, 0.4) is 0 Å². The highest BCUT2D eigenvalue weighted by Crippen LogP contribution is 2.30. The smallest absolute Gasteiger partial charge is 0.410 e. The van der Waals surface area contributed by atoms with Gasteiger partial charge in [0.2, 0.25) is 0 Å². The third-order valence-electron chi connectivity index (χ3n) is 5.92. The molecule has 32 heavy (non-hydrogen) atoms. The van der Waals surface area contributed by atoms with Crippen LogP contribution >= 0.6 is 11.6 Å². The van der Waals surface area contributed by atoms with Crippen LogP contribution in [0.5, 0.6) is 5.75 Å². The Morgan fingerprint density at radius 3 is 2.44 bits per heavy atom. The Kier molecular flexibility index (Phi) is 7.08. The first-order valence-electron chi connectivity index (χ1n) is 10.8. The van der Waals surface area contributed by atoms with Gasteiger partial charge < -0.3 is 10.1 Å². The third-order valence-corrected chi connectivity index (χ3v) is 6.17. The van der Waals surface area contributed by atoms with Crippen molar-refractivity contribution in [3.05, 3.63) is 101 Å². The first kappa shape index (κ1) is 22.3. The lowest BCUT2D eigenvalue weighted by molar-refractivity contribution is 0.108. The first-order chi connectivity index (χ1) is 15.5. The van der Waals surface area contributed by atoms with Crippen LogP contribution in [-0.2, 0) is 6.42 Å². The Morgan fingerprint density at radius 1 is 1.06 bits per heavy atom. The lowest BCUT2D eigenvalue weighted by Gasteiger charge is -2.36. The van der Waals surface area contributed by atoms with Gasteiger partial charge >= 0.3 is 6.09 Å². The number of nitrogens with one attached hydrogen (secondary N) is 1. The van der Waals surface area contributed by atoms with Crippen LogP contribution in [0.25, 0.3) is 0 Å². The van der Waals surface area contributed by atoms with Gasteiger partial charge in [0.1, 0.15) is 11.6 Å². The second-order valence-corrected chi connectivity index (χ2v) is 8.59. The van der Waals surface area contributed by atoms with Gasteiger partial charge in [-0.15, -0.1) is 0 Å². The summed E-state index contributed by atoms with van der Waals surface area (Å²) in [5, 5.41) is 4.11. The summed E-state index contributed by atoms with van der Waals surface area (Å²) in [6.45, 7) is 3.45. The zero-order valence-electron chi connectivity index (χ0n) is 17.9. The zero-order valence-corrected chi connectivity index (χ0v) is 18.6. The fourth-order valence-electron chi connectivity index (χ4n) is 4.36. The van der Waals surface area contributed by atoms with Crippen LogP contribution in [0.15, 0.2) is 78.9 Å². The standard InChI is InChI=1S/C26H26ClFN2O2/c1-18(15-19-5-3-2-4-6-19)30(26(31)32-23-13-11-22(28)12-14-23)25-17-29-16-24(25)20-7-9-21(27)10-8-20/h2-14,18,24-25,29H,15-17H2,1H3/t18?,24-,25+/m0/s1. The van der Waals surface area contributed by atoms with E-state index >= 15 is 0 Å². The van der Waals surface area contributed by atoms with E-state index in [0.717, 1.165) is 17.7 Å². The van der Waals surface area contributed by atoms with Gasteiger partial charge in [-0.2, -0.15) is 0 Å². The molecule has 1 aliphatic heterocycles. The molecule has 0 aliphatic carbocycles. The van der Waals surface area contributed by atoms with Crippen molar-refractivity contribution in [2.24, 2.45) is 0 Å². The van der Waals surface area contributed by atoms with Crippen LogP contribution in [-0.4, -0.2) is 36.2 Å². The van der Waals surface area contributed by atoms with E-state index in [1.54, 1.807) is 0 Å². The molecule has 4 nitrogen and oxygen atoms in total. The van der Waals surface area contributed by atoms with Crippen LogP contribution in [0.4, 0.5) is 9.18 Å². The van der Waals surface area contributed by atoms with Crippen LogP contribution in [0.1, 0.15) is 24.0 Å². The molecule has 3 aromatic rings. The molecular weight excluding hydrogens is 427 g/mol. The molecule has 1 heterocycles. The largest absolute Gasteiger partial charge is 0.415 e. The van der Waals surface area contributed by atoms with E-state index in [2.05, 4.69) is 17.4 Å². The molecule has 0 spiro atoms. The topological polar surface area (TPSA) is 41.6 Å². The van der Waals surface area contributed by atoms with E-state index in [0.29, 0.717) is 23.7 Å². The fourth-order valence-corrected chi connectivity index (χ4v) is 4.49. The molecule has 6 heteroatoms. The maximum atomic E-state index is 13.4. The minimum atomic E-state index is -0.437. The summed E-state index contributed by atoms with van der Waals surface area (Å²) in [5.74, 6) is 0.0514. The normalized spacial score (nSPS) is 18.8. The lowest BCUT2D eigenvalue weighted by Crippen LogP contribution is -2.51. The first-order valence-corrected chi connectivity index (χ1v) is 11.1. The average molecular weight is 453 g/mol. The van der Waals surface area contributed by atoms with E-state index in [-0.39, 0.29) is 23.8 Å². The summed E-state index contributed by atoms with van der Waals surface area (Å²) >= 11 is 6.08. The molecule has 0 saturated carbocycles. The predicted octanol–water partition coefficient (Wildman–Crippen LogP) is 5.67. The molecule has 1 unspecified atom stereocenters. The maximum absolute atomic E-state index is 13.4. The van der Waals surface area contributed by atoms with Gasteiger partial charge in [-0.1, -0.05) is 54.1 Å². The number of ether oxygens (including phenoxy) is 1. The molecule has 0 bridgehead atoms. The summed E-state index contributed by atoms with van der Waals surface area (Å²) in [5.41, 5.74) is 2.27. The molecule has 0 radical (unpaired) electrons. The molecule has 0 aromatic heterocycles. The predicted molar refractivity (Wildman–Crippen MR) is 125 cm³/mol. The third kappa shape index (κ3) is 5.29. The van der Waals surface area contributed by atoms with E-state index in [1.165, 1.54) is 24.3 Å². The Hall–Kier alpha value is -2.89. The number of rotatable bonds is 6. The Balaban J connectivity index is 1.61. The highest BCUT2D eigenvalue weighted by Gasteiger charge is 2.39. The van der Waals surface area contributed by atoms with Crippen molar-refractivity contribution < 1.29 is 13.9 Å². The maximum Gasteiger partial charge on any atom is 0.415 e. The SMILES string of the molecule is CC(Cc1ccccc1)N(C(=O)Oc1ccc(F)cc1)[C@@H]1CNC[C@H]1c1ccc(Cl)cc1. The van der Waals surface area contributed by atoms with Crippen molar-refractivity contribution in [1.29, 1.82) is 0 Å². The Bertz CT molecular complexity index is 1030. The van der Waals surface area contributed by atoms with E-state index < -0.39 is 6.09 Å². The number of hydrogen-bond donors (Lipinski definition) is 1. The molecule has 3 atom stereocenters. The molecule has 1 amide bonds. The van der Waals surface area contributed by atoms with Crippen molar-refractivity contribution in [3.8, 4) is 5.75 Å². The number of nitrogens with zero attached hydrogens (tertiary/aromatic N) is 1. The van der Waals surface area contributed by atoms with Crippen molar-refractivity contribution in [2.45, 2.75) is 31.3 Å². The number of amides is 1. The van der Waals surface area contributed by atoms with Crippen molar-refractivity contribution in [3.63, 3.8) is 0 Å². The summed E-state index contributed by atoms with van der Waals surface area (Å²) in [7, 11) is 0. The van der Waals surface area contributed by atoms with Gasteiger partial charge in [-0.3, -0.25) is 4.90 Å². The number of carbonyl (C=O) groups excluding carboxylic acids is 1. The van der Waals surface area contributed by atoms with Crippen molar-refractivity contribution in [1.82, 2.24) is 10.2 Å². The van der Waals surface area contributed by atoms with Crippen molar-refractivity contribution in [2.75, 3.05) is 13.1 Å². The van der Waals surface area contributed by atoms with Gasteiger partial charge in [0.25, 0.3) is 0 Å². The number of halogens is 2. The molecule has 1 aliphatic rings. The summed E-state index contributed by atoms with van der Waals surface area (Å²) in [4.78, 5) is 15.2. The minimum absolute atomic E-state index is 0.0946. The minimum Gasteiger partial charge on any atom is -0.410 e. The molecule has 3 aromatic carbocycles. The summed E-state index contributed by atoms with van der Waals surface area (Å²) in [6.07, 6.45) is 0.260. The van der Waals surface area contributed by atoms with Crippen LogP contribution in [0.2, 0.25) is 5.02 Å². The van der Waals surface area contributed by atoms with E-state index in [1.807, 2.05) is 54.3 Å². The fraction of sp³-hybridized carbons (Fsp3) is 0.269. The van der Waals surface area contributed by atoms with E-state index in [4.69, 9.17) is 16.3 Å². The second-order valence-electron chi connectivity index (χ2n) is 8.15. The highest BCUT2D eigenvalue weighted by atomic mass is 35.5. The molecule has 1 saturated heterocycles. The van der Waals surface area contributed by atoms with Crippen LogP contribution < -0.4 is 10.1 Å². The van der Waals surface area contributed by atoms with Crippen molar-refractivity contribution >= 4 is 17.7 Å². The van der Waals surface area contributed by atoms with Gasteiger partial charge in [-0.05, 0) is 60.9 Å². The van der Waals surface area contributed by atoms with Crippen LogP contribution in [0, 0.1) is 5.82 Å². The number of hydrogen-bond acceptors (Lipinski definition) is 3. The number of carbonyl (C=O) groups is 1. The van der Waals surface area contributed by atoms with Gasteiger partial charge in [-0.25, -0.2) is 9.18 Å². The number of benzene rings is 3. The zero-order chi connectivity index (χ0) is 22.5. The monoisotopic (exact) mass is 452 g/mol. The Labute approximate surface area is 193 Å². The summed E-state index contributed by atoms with van der Waals surface area (Å²) < 4.78 is 19.0. The van der Waals surface area contributed by atoms with Gasteiger partial charge in [0, 0.05) is 30.1 Å². The molecule has 1 N–H and O–H groups in total. The highest BCUT2D eigenvalue weighted by molar-refractivity contribution is 6.30. The second kappa shape index (κ2) is 10.2. The van der Waals surface area contributed by atoms with Gasteiger partial charge in [0.15, 0.2) is 0 Å². The molecule has 166 valence electrons. The quantitative estimate of drug-likeness (QED) is 0.524. The van der Waals surface area contributed by atoms with E-state index in [9.17, 15) is 9.18 Å². The summed E-state index contributed by atoms with van der Waals surface area (Å²) in [6, 6.07) is 23.2.